The SMILES string of the molecule is Cc1ccc2nc(SCc3nc4cc(Cl)ccc4c(=O)[nH]3)[nH]c2c1. The number of aryl methyl sites for hydroxylation is 1. The van der Waals surface area contributed by atoms with Gasteiger partial charge in [0.25, 0.3) is 5.56 Å². The Morgan fingerprint density at radius 3 is 2.83 bits per heavy atom. The van der Waals surface area contributed by atoms with Gasteiger partial charge in [-0.2, -0.15) is 0 Å². The molecule has 0 unspecified atom stereocenters. The normalized spacial score (nSPS) is 11.4. The predicted octanol–water partition coefficient (Wildman–Crippen LogP) is 4.05. The van der Waals surface area contributed by atoms with Crippen LogP contribution in [0.5, 0.6) is 0 Å². The minimum Gasteiger partial charge on any atom is -0.333 e. The third kappa shape index (κ3) is 2.90. The van der Waals surface area contributed by atoms with Crippen molar-refractivity contribution in [3.8, 4) is 0 Å². The van der Waals surface area contributed by atoms with Crippen molar-refractivity contribution >= 4 is 45.3 Å². The van der Waals surface area contributed by atoms with Gasteiger partial charge in [0.15, 0.2) is 5.16 Å². The molecule has 0 saturated heterocycles. The maximum atomic E-state index is 12.1. The summed E-state index contributed by atoms with van der Waals surface area (Å²) < 4.78 is 0. The summed E-state index contributed by atoms with van der Waals surface area (Å²) in [5.74, 6) is 1.10. The quantitative estimate of drug-likeness (QED) is 0.543. The molecule has 0 aliphatic heterocycles. The van der Waals surface area contributed by atoms with Gasteiger partial charge in [0.05, 0.1) is 27.7 Å². The fourth-order valence-corrected chi connectivity index (χ4v) is 3.46. The molecule has 0 spiro atoms. The van der Waals surface area contributed by atoms with Gasteiger partial charge in [-0.05, 0) is 42.8 Å². The number of thioether (sulfide) groups is 1. The fourth-order valence-electron chi connectivity index (χ4n) is 2.53. The summed E-state index contributed by atoms with van der Waals surface area (Å²) in [7, 11) is 0. The Bertz CT molecular complexity index is 1120. The van der Waals surface area contributed by atoms with E-state index in [4.69, 9.17) is 11.6 Å². The third-order valence-electron chi connectivity index (χ3n) is 3.68. The molecule has 2 aromatic carbocycles. The molecule has 0 fully saturated rings. The van der Waals surface area contributed by atoms with Crippen LogP contribution >= 0.6 is 23.4 Å². The highest BCUT2D eigenvalue weighted by Crippen LogP contribution is 2.23. The lowest BCUT2D eigenvalue weighted by Gasteiger charge is -2.02. The van der Waals surface area contributed by atoms with E-state index in [2.05, 4.69) is 26.0 Å². The Hall–Kier alpha value is -2.31. The standard InChI is InChI=1S/C17H13ClN4OS/c1-9-2-5-12-14(6-9)21-17(20-12)24-8-15-19-13-7-10(18)3-4-11(13)16(23)22-15/h2-7H,8H2,1H3,(H,20,21)(H,19,22,23). The molecule has 120 valence electrons. The molecule has 4 rings (SSSR count). The lowest BCUT2D eigenvalue weighted by atomic mass is 10.2. The molecule has 24 heavy (non-hydrogen) atoms. The zero-order valence-corrected chi connectivity index (χ0v) is 14.3. The molecule has 0 amide bonds. The van der Waals surface area contributed by atoms with E-state index in [9.17, 15) is 4.79 Å². The van der Waals surface area contributed by atoms with E-state index < -0.39 is 0 Å². The number of H-pyrrole nitrogens is 2. The Morgan fingerprint density at radius 1 is 1.08 bits per heavy atom. The molecule has 5 nitrogen and oxygen atoms in total. The highest BCUT2D eigenvalue weighted by molar-refractivity contribution is 7.98. The average molecular weight is 357 g/mol. The molecule has 2 heterocycles. The predicted molar refractivity (Wildman–Crippen MR) is 97.8 cm³/mol. The average Bonchev–Trinajstić information content (AvgIpc) is 2.94. The Balaban J connectivity index is 1.62. The van der Waals surface area contributed by atoms with Crippen LogP contribution < -0.4 is 5.56 Å². The second-order valence-electron chi connectivity index (χ2n) is 5.53. The van der Waals surface area contributed by atoms with E-state index >= 15 is 0 Å². The van der Waals surface area contributed by atoms with Crippen LogP contribution in [-0.2, 0) is 5.75 Å². The highest BCUT2D eigenvalue weighted by Gasteiger charge is 2.08. The molecule has 0 saturated carbocycles. The van der Waals surface area contributed by atoms with Crippen LogP contribution in [0, 0.1) is 6.92 Å². The van der Waals surface area contributed by atoms with Crippen LogP contribution in [0.15, 0.2) is 46.3 Å². The van der Waals surface area contributed by atoms with E-state index in [-0.39, 0.29) is 5.56 Å². The second kappa shape index (κ2) is 5.96. The minimum absolute atomic E-state index is 0.160. The summed E-state index contributed by atoms with van der Waals surface area (Å²) in [4.78, 5) is 27.2. The molecule has 0 aliphatic carbocycles. The molecule has 4 aromatic rings. The lowest BCUT2D eigenvalue weighted by molar-refractivity contribution is 1.02. The summed E-state index contributed by atoms with van der Waals surface area (Å²) >= 11 is 7.48. The van der Waals surface area contributed by atoms with E-state index in [1.165, 1.54) is 17.3 Å². The largest absolute Gasteiger partial charge is 0.333 e. The van der Waals surface area contributed by atoms with Crippen molar-refractivity contribution in [2.75, 3.05) is 0 Å². The van der Waals surface area contributed by atoms with E-state index in [1.54, 1.807) is 18.2 Å². The second-order valence-corrected chi connectivity index (χ2v) is 6.93. The van der Waals surface area contributed by atoms with Gasteiger partial charge in [-0.3, -0.25) is 4.79 Å². The summed E-state index contributed by atoms with van der Waals surface area (Å²) in [5.41, 5.74) is 3.55. The first-order chi connectivity index (χ1) is 11.6. The molecule has 2 aromatic heterocycles. The summed E-state index contributed by atoms with van der Waals surface area (Å²) in [5, 5.41) is 1.89. The Morgan fingerprint density at radius 2 is 1.96 bits per heavy atom. The first kappa shape index (κ1) is 15.2. The molecule has 0 bridgehead atoms. The van der Waals surface area contributed by atoms with Crippen molar-refractivity contribution in [3.63, 3.8) is 0 Å². The van der Waals surface area contributed by atoms with Gasteiger partial charge in [0.1, 0.15) is 5.82 Å². The maximum Gasteiger partial charge on any atom is 0.258 e. The fraction of sp³-hybridized carbons (Fsp3) is 0.118. The molecular formula is C17H13ClN4OS. The van der Waals surface area contributed by atoms with Crippen molar-refractivity contribution in [1.82, 2.24) is 19.9 Å². The lowest BCUT2D eigenvalue weighted by Crippen LogP contribution is -2.11. The van der Waals surface area contributed by atoms with Crippen LogP contribution in [0.4, 0.5) is 0 Å². The number of imidazole rings is 1. The molecule has 7 heteroatoms. The summed E-state index contributed by atoms with van der Waals surface area (Å²) in [6.45, 7) is 2.04. The zero-order valence-electron chi connectivity index (χ0n) is 12.8. The number of aromatic amines is 2. The van der Waals surface area contributed by atoms with Gasteiger partial charge in [-0.15, -0.1) is 0 Å². The van der Waals surface area contributed by atoms with Crippen molar-refractivity contribution < 1.29 is 0 Å². The maximum absolute atomic E-state index is 12.1. The monoisotopic (exact) mass is 356 g/mol. The van der Waals surface area contributed by atoms with Crippen molar-refractivity contribution in [2.24, 2.45) is 0 Å². The number of nitrogens with zero attached hydrogens (tertiary/aromatic N) is 2. The van der Waals surface area contributed by atoms with Crippen LogP contribution in [0.3, 0.4) is 0 Å². The number of aromatic nitrogens is 4. The van der Waals surface area contributed by atoms with Gasteiger partial charge >= 0.3 is 0 Å². The van der Waals surface area contributed by atoms with Crippen LogP contribution in [0.25, 0.3) is 21.9 Å². The number of hydrogen-bond acceptors (Lipinski definition) is 4. The highest BCUT2D eigenvalue weighted by atomic mass is 35.5. The van der Waals surface area contributed by atoms with Crippen molar-refractivity contribution in [1.29, 1.82) is 0 Å². The number of hydrogen-bond donors (Lipinski definition) is 2. The first-order valence-electron chi connectivity index (χ1n) is 7.36. The number of fused-ring (bicyclic) bond motifs is 2. The zero-order chi connectivity index (χ0) is 16.7. The summed E-state index contributed by atoms with van der Waals surface area (Å²) in [6.07, 6.45) is 0. The molecule has 0 radical (unpaired) electrons. The van der Waals surface area contributed by atoms with Crippen molar-refractivity contribution in [3.05, 3.63) is 63.2 Å². The first-order valence-corrected chi connectivity index (χ1v) is 8.72. The number of nitrogens with one attached hydrogen (secondary N) is 2. The van der Waals surface area contributed by atoms with Gasteiger partial charge in [0, 0.05) is 5.02 Å². The number of rotatable bonds is 3. The van der Waals surface area contributed by atoms with Gasteiger partial charge in [-0.1, -0.05) is 29.4 Å². The van der Waals surface area contributed by atoms with E-state index in [1.807, 2.05) is 19.1 Å². The molecule has 0 aliphatic rings. The topological polar surface area (TPSA) is 74.4 Å². The van der Waals surface area contributed by atoms with Gasteiger partial charge < -0.3 is 9.97 Å². The molecule has 0 atom stereocenters. The minimum atomic E-state index is -0.160. The number of halogens is 1. The van der Waals surface area contributed by atoms with Crippen LogP contribution in [-0.4, -0.2) is 19.9 Å². The van der Waals surface area contributed by atoms with Crippen molar-refractivity contribution in [2.45, 2.75) is 17.8 Å². The van der Waals surface area contributed by atoms with Gasteiger partial charge in [0.2, 0.25) is 0 Å². The van der Waals surface area contributed by atoms with E-state index in [0.717, 1.165) is 16.2 Å². The summed E-state index contributed by atoms with van der Waals surface area (Å²) in [6, 6.07) is 11.1. The smallest absolute Gasteiger partial charge is 0.258 e. The van der Waals surface area contributed by atoms with Crippen LogP contribution in [0.1, 0.15) is 11.4 Å². The van der Waals surface area contributed by atoms with Crippen LogP contribution in [0.2, 0.25) is 5.02 Å². The number of benzene rings is 2. The van der Waals surface area contributed by atoms with Gasteiger partial charge in [-0.25, -0.2) is 9.97 Å². The Kier molecular flexibility index (Phi) is 3.78. The molecule has 2 N–H and O–H groups in total. The third-order valence-corrected chi connectivity index (χ3v) is 4.80. The van der Waals surface area contributed by atoms with E-state index in [0.29, 0.717) is 27.5 Å². The molecular weight excluding hydrogens is 344 g/mol. The Labute approximate surface area is 146 Å².